The third-order valence-corrected chi connectivity index (χ3v) is 22.5. The number of allylic oxidation sites excluding steroid dienone is 18. The zero-order valence-electron chi connectivity index (χ0n) is 77.6. The molecule has 11 aromatic carbocycles. The van der Waals surface area contributed by atoms with Gasteiger partial charge in [0.15, 0.2) is 11.5 Å². The van der Waals surface area contributed by atoms with Crippen LogP contribution in [0.25, 0.3) is 33.4 Å². The summed E-state index contributed by atoms with van der Waals surface area (Å²) in [6, 6.07) is 90.7. The number of fused-ring (bicyclic) bond motifs is 1. The van der Waals surface area contributed by atoms with Crippen LogP contribution >= 0.6 is 11.6 Å². The average molecular weight is 1830 g/mol. The van der Waals surface area contributed by atoms with Gasteiger partial charge in [-0.05, 0) is 282 Å². The predicted octanol–water partition coefficient (Wildman–Crippen LogP) is 28.2. The lowest BCUT2D eigenvalue weighted by Gasteiger charge is -2.26. The Hall–Kier alpha value is -17.1. The highest BCUT2D eigenvalue weighted by Crippen LogP contribution is 2.40. The number of aryl methyl sites for hydroxylation is 4. The summed E-state index contributed by atoms with van der Waals surface area (Å²) >= 11 is 6.08. The second-order valence-corrected chi connectivity index (χ2v) is 33.3. The zero-order valence-corrected chi connectivity index (χ0v) is 78.3. The number of halogens is 2. The van der Waals surface area contributed by atoms with E-state index in [1.165, 1.54) is 55.2 Å². The Morgan fingerprint density at radius 1 is 0.343 bits per heavy atom. The van der Waals surface area contributed by atoms with Gasteiger partial charge in [0, 0.05) is 171 Å². The number of hydrogen-bond acceptors (Lipinski definition) is 13. The minimum atomic E-state index is -0.256. The summed E-state index contributed by atoms with van der Waals surface area (Å²) in [4.78, 5) is 50.4. The smallest absolute Gasteiger partial charge is 0.231 e. The molecule has 137 heavy (non-hydrogen) atoms. The number of ether oxygens (including phenoxy) is 2. The number of anilines is 9. The van der Waals surface area contributed by atoms with Crippen molar-refractivity contribution in [2.75, 3.05) is 52.1 Å². The van der Waals surface area contributed by atoms with Crippen LogP contribution in [0.3, 0.4) is 0 Å². The standard InChI is InChI=1S/2C21H20N2O.C20H17FN2O.C20H17NO2.C19H16ClN.C18H16N2O/c1-15-6-4-9-21(12-15)23-14-19(11-10-16(23)2)18-7-5-8-20(13-18)22-17(3)24;1-15-7-6-8-19(13-15)23-14-18(12-11-16(23)2)20-9-4-5-10-21(20)22-17(3)24;1-14-3-4-17(16-5-7-18(21)8-6-16)13-23(14)20-11-9-19(10-12-20)22-15(2)24;1-14-4-3-5-18(10-14)21-12-17(7-6-15(21)2)16-8-9-19-20(11-16)23-13-22-19;1-14-5-3-8-19(11-14)21-13-17(10-9-15(21)2)16-6-4-7-18(20)12-16;1-14-7-8-16(15-9-10-17(13-21)19-11-15)12-20(14)18-5-3-2-4-6-18/h2*4-14H,2H2,1,3H3,(H,22,24);3-13H,1H2,2H3,(H,22,24);3-12H,2,13H2,1H3;3-13H,2H2,1H3;2-12,21H,1,13H2. The van der Waals surface area contributed by atoms with E-state index in [4.69, 9.17) is 26.2 Å². The molecule has 0 fully saturated rings. The van der Waals surface area contributed by atoms with Crippen LogP contribution < -0.4 is 54.8 Å². The monoisotopic (exact) mass is 1820 g/mol. The van der Waals surface area contributed by atoms with Crippen molar-refractivity contribution in [2.24, 2.45) is 0 Å². The minimum Gasteiger partial charge on any atom is -0.454 e. The van der Waals surface area contributed by atoms with Crippen LogP contribution in [-0.4, -0.2) is 34.6 Å². The van der Waals surface area contributed by atoms with E-state index in [0.29, 0.717) is 12.5 Å². The van der Waals surface area contributed by atoms with Gasteiger partial charge in [0.05, 0.1) is 12.3 Å². The Labute approximate surface area is 807 Å². The minimum absolute atomic E-state index is 0.0396. The van der Waals surface area contributed by atoms with Gasteiger partial charge in [0.1, 0.15) is 5.82 Å². The molecule has 0 saturated heterocycles. The number of nitrogens with one attached hydrogen (secondary N) is 3. The number of nitrogens with zero attached hydrogens (tertiary/aromatic N) is 7. The molecule has 0 atom stereocenters. The van der Waals surface area contributed by atoms with Crippen molar-refractivity contribution in [2.45, 2.75) is 55.1 Å². The van der Waals surface area contributed by atoms with Crippen molar-refractivity contribution in [3.05, 3.63) is 541 Å². The summed E-state index contributed by atoms with van der Waals surface area (Å²) in [6.07, 6.45) is 38.3. The van der Waals surface area contributed by atoms with Crippen molar-refractivity contribution in [1.82, 2.24) is 4.98 Å². The predicted molar refractivity (Wildman–Crippen MR) is 566 cm³/mol. The lowest BCUT2D eigenvalue weighted by atomic mass is 10.0. The molecule has 7 aliphatic heterocycles. The first-order chi connectivity index (χ1) is 66.2. The van der Waals surface area contributed by atoms with E-state index >= 15 is 0 Å². The number of aliphatic hydroxyl groups excluding tert-OH is 1. The molecule has 0 bridgehead atoms. The molecule has 18 heteroatoms. The number of rotatable bonds is 16. The van der Waals surface area contributed by atoms with Gasteiger partial charge in [-0.15, -0.1) is 0 Å². The van der Waals surface area contributed by atoms with Crippen molar-refractivity contribution in [1.29, 1.82) is 0 Å². The normalized spacial score (nSPS) is 14.2. The van der Waals surface area contributed by atoms with E-state index in [9.17, 15) is 18.8 Å². The molecule has 0 unspecified atom stereocenters. The summed E-state index contributed by atoms with van der Waals surface area (Å²) in [5.74, 6) is 1.08. The topological polar surface area (TPSA) is 158 Å². The van der Waals surface area contributed by atoms with Gasteiger partial charge in [-0.1, -0.05) is 221 Å². The first-order valence-electron chi connectivity index (χ1n) is 44.4. The fourth-order valence-electron chi connectivity index (χ4n) is 15.3. The molecule has 12 aromatic rings. The van der Waals surface area contributed by atoms with Crippen molar-refractivity contribution in [3.63, 3.8) is 0 Å². The molecule has 0 spiro atoms. The molecular weight excluding hydrogens is 1720 g/mol. The number of hydrogen-bond donors (Lipinski definition) is 4. The molecule has 3 amide bonds. The largest absolute Gasteiger partial charge is 0.454 e. The number of carbonyl (C=O) groups is 3. The second-order valence-electron chi connectivity index (χ2n) is 32.9. The first-order valence-corrected chi connectivity index (χ1v) is 44.8. The van der Waals surface area contributed by atoms with Gasteiger partial charge in [0.25, 0.3) is 0 Å². The van der Waals surface area contributed by atoms with Crippen LogP contribution in [0.1, 0.15) is 82.1 Å². The molecule has 8 heterocycles. The van der Waals surface area contributed by atoms with Crippen LogP contribution in [0.4, 0.5) is 55.6 Å². The molecule has 19 rings (SSSR count). The fourth-order valence-corrected chi connectivity index (χ4v) is 15.5. The van der Waals surface area contributed by atoms with Gasteiger partial charge in [0.2, 0.25) is 24.5 Å². The first kappa shape index (κ1) is 96.0. The molecular formula is C119H106ClFN10O6. The number of pyridine rings is 1. The van der Waals surface area contributed by atoms with E-state index in [1.807, 2.05) is 242 Å². The van der Waals surface area contributed by atoms with Crippen molar-refractivity contribution >= 4 is 114 Å². The number of aliphatic hydroxyl groups is 1. The fraction of sp³-hybridized carbons (Fsp3) is 0.0756. The molecule has 682 valence electrons. The summed E-state index contributed by atoms with van der Waals surface area (Å²) in [6.45, 7) is 37.7. The highest BCUT2D eigenvalue weighted by molar-refractivity contribution is 6.30. The van der Waals surface area contributed by atoms with Crippen LogP contribution in [-0.2, 0) is 21.0 Å². The van der Waals surface area contributed by atoms with Gasteiger partial charge >= 0.3 is 0 Å². The van der Waals surface area contributed by atoms with Crippen LogP contribution in [0.5, 0.6) is 11.5 Å². The lowest BCUT2D eigenvalue weighted by Crippen LogP contribution is -2.17. The maximum atomic E-state index is 13.1. The maximum absolute atomic E-state index is 13.1. The highest BCUT2D eigenvalue weighted by atomic mass is 35.5. The highest BCUT2D eigenvalue weighted by Gasteiger charge is 2.23. The number of para-hydroxylation sites is 2. The molecule has 7 aliphatic rings. The second kappa shape index (κ2) is 45.3. The van der Waals surface area contributed by atoms with E-state index in [1.54, 1.807) is 18.3 Å². The van der Waals surface area contributed by atoms with Crippen LogP contribution in [0.15, 0.2) is 469 Å². The Balaban J connectivity index is 0.000000131. The van der Waals surface area contributed by atoms with E-state index < -0.39 is 0 Å². The van der Waals surface area contributed by atoms with Gasteiger partial charge in [-0.3, -0.25) is 19.4 Å². The Morgan fingerprint density at radius 3 is 1.15 bits per heavy atom. The molecule has 0 saturated carbocycles. The van der Waals surface area contributed by atoms with Crippen molar-refractivity contribution < 1.29 is 33.4 Å². The van der Waals surface area contributed by atoms with E-state index in [0.717, 1.165) is 169 Å². The summed E-state index contributed by atoms with van der Waals surface area (Å²) in [5.41, 5.74) is 32.2. The zero-order chi connectivity index (χ0) is 96.6. The number of aromatic nitrogens is 1. The lowest BCUT2D eigenvalue weighted by molar-refractivity contribution is -0.115. The quantitative estimate of drug-likeness (QED) is 0.0725. The summed E-state index contributed by atoms with van der Waals surface area (Å²) in [5, 5.41) is 18.3. The number of benzene rings is 11. The molecule has 0 aliphatic carbocycles. The maximum Gasteiger partial charge on any atom is 0.231 e. The average Bonchev–Trinajstić information content (AvgIpc) is 1.75. The molecule has 16 nitrogen and oxygen atoms in total. The number of amides is 3. The number of carbonyl (C=O) groups excluding carboxylic acids is 3. The molecule has 4 N–H and O–H groups in total. The third-order valence-electron chi connectivity index (χ3n) is 22.2. The molecule has 1 aromatic heterocycles. The van der Waals surface area contributed by atoms with Gasteiger partial charge in [-0.2, -0.15) is 0 Å². The van der Waals surface area contributed by atoms with Crippen molar-refractivity contribution in [3.8, 4) is 11.5 Å². The Bertz CT molecular complexity index is 7030. The van der Waals surface area contributed by atoms with Gasteiger partial charge in [-0.25, -0.2) is 4.39 Å². The van der Waals surface area contributed by atoms with Crippen LogP contribution in [0, 0.1) is 33.5 Å². The summed E-state index contributed by atoms with van der Waals surface area (Å²) in [7, 11) is 0. The third kappa shape index (κ3) is 25.8. The van der Waals surface area contributed by atoms with E-state index in [-0.39, 0.29) is 30.1 Å². The van der Waals surface area contributed by atoms with E-state index in [2.05, 4.69) is 241 Å². The summed E-state index contributed by atoms with van der Waals surface area (Å²) < 4.78 is 23.9. The van der Waals surface area contributed by atoms with Crippen LogP contribution in [0.2, 0.25) is 5.02 Å². The Kier molecular flexibility index (Phi) is 31.8. The molecule has 0 radical (unpaired) electrons. The van der Waals surface area contributed by atoms with Gasteiger partial charge < -0.3 is 59.9 Å². The Morgan fingerprint density at radius 2 is 0.708 bits per heavy atom. The SMILES string of the molecule is C=C1C=CC(c2ccc(CO)nc2)=CN1c1ccccc1.C=C1C=CC(c2ccc(F)cc2)=CN1c1ccc(NC(C)=O)cc1.C=C1C=CC(c2ccc3c(c2)OCO3)=CN1c1cccc(C)c1.C=C1C=CC(c2cccc(Cl)c2)=CN1c1cccc(C)c1.C=C1C=CC(c2cccc(NC(C)=O)c2)=CN1c1cccc(C)c1.C=C1C=CC(c2ccccc2NC(C)=O)=CN1c1cccc(C)c1.